The molecule has 0 unspecified atom stereocenters. The van der Waals surface area contributed by atoms with Gasteiger partial charge in [0, 0.05) is 18.7 Å². The molecule has 3 rings (SSSR count). The van der Waals surface area contributed by atoms with Gasteiger partial charge in [-0.1, -0.05) is 35.3 Å². The van der Waals surface area contributed by atoms with E-state index < -0.39 is 5.67 Å². The van der Waals surface area contributed by atoms with Crippen molar-refractivity contribution in [2.45, 2.75) is 37.8 Å². The predicted octanol–water partition coefficient (Wildman–Crippen LogP) is 6.20. The second-order valence-corrected chi connectivity index (χ2v) is 8.34. The number of amides is 1. The standard InChI is InChI=1S/C23H26Cl2FNO3/c1-29-20-6-2-3-7-21(20)30-15-5-4-10-23(26)11-13-27(14-12-23)22(28)17-8-9-18(24)19(25)16-17/h2-3,6-9,16H,4-5,10-15H2,1H3. The highest BCUT2D eigenvalue weighted by molar-refractivity contribution is 6.42. The minimum absolute atomic E-state index is 0.138. The monoisotopic (exact) mass is 453 g/mol. The van der Waals surface area contributed by atoms with Crippen molar-refractivity contribution < 1.29 is 18.7 Å². The van der Waals surface area contributed by atoms with Crippen molar-refractivity contribution in [3.05, 3.63) is 58.1 Å². The molecule has 1 saturated heterocycles. The number of para-hydroxylation sites is 2. The van der Waals surface area contributed by atoms with E-state index in [-0.39, 0.29) is 5.91 Å². The Kier molecular flexibility index (Phi) is 7.84. The van der Waals surface area contributed by atoms with Crippen LogP contribution in [0.4, 0.5) is 4.39 Å². The lowest BCUT2D eigenvalue weighted by molar-refractivity contribution is 0.0382. The Hall–Kier alpha value is -1.98. The zero-order valence-corrected chi connectivity index (χ0v) is 18.5. The summed E-state index contributed by atoms with van der Waals surface area (Å²) in [6.07, 6.45) is 2.64. The lowest BCUT2D eigenvalue weighted by Gasteiger charge is -2.36. The van der Waals surface area contributed by atoms with E-state index in [0.717, 1.165) is 12.8 Å². The van der Waals surface area contributed by atoms with Crippen molar-refractivity contribution in [1.82, 2.24) is 4.90 Å². The quantitative estimate of drug-likeness (QED) is 0.446. The van der Waals surface area contributed by atoms with Gasteiger partial charge in [-0.15, -0.1) is 0 Å². The van der Waals surface area contributed by atoms with Crippen LogP contribution >= 0.6 is 23.2 Å². The molecule has 0 spiro atoms. The van der Waals surface area contributed by atoms with Crippen LogP contribution in [0.2, 0.25) is 10.0 Å². The van der Waals surface area contributed by atoms with E-state index in [2.05, 4.69) is 0 Å². The van der Waals surface area contributed by atoms with Crippen LogP contribution < -0.4 is 9.47 Å². The lowest BCUT2D eigenvalue weighted by atomic mass is 9.88. The van der Waals surface area contributed by atoms with E-state index in [0.29, 0.717) is 66.1 Å². The molecule has 0 atom stereocenters. The third-order valence-electron chi connectivity index (χ3n) is 5.46. The number of likely N-dealkylation sites (tertiary alicyclic amines) is 1. The van der Waals surface area contributed by atoms with Crippen molar-refractivity contribution in [1.29, 1.82) is 0 Å². The minimum Gasteiger partial charge on any atom is -0.493 e. The van der Waals surface area contributed by atoms with Crippen LogP contribution in [0.15, 0.2) is 42.5 Å². The minimum atomic E-state index is -1.24. The van der Waals surface area contributed by atoms with Gasteiger partial charge in [0.1, 0.15) is 5.67 Å². The van der Waals surface area contributed by atoms with E-state index in [1.54, 1.807) is 30.2 Å². The first-order chi connectivity index (χ1) is 14.4. The molecule has 0 N–H and O–H groups in total. The Balaban J connectivity index is 1.41. The Bertz CT molecular complexity index is 869. The fourth-order valence-electron chi connectivity index (χ4n) is 3.64. The summed E-state index contributed by atoms with van der Waals surface area (Å²) in [5.41, 5.74) is -0.761. The number of methoxy groups -OCH3 is 1. The van der Waals surface area contributed by atoms with Gasteiger partial charge in [0.05, 0.1) is 23.8 Å². The molecule has 0 saturated carbocycles. The van der Waals surface area contributed by atoms with Crippen LogP contribution in [0, 0.1) is 0 Å². The number of piperidine rings is 1. The topological polar surface area (TPSA) is 38.8 Å². The molecule has 2 aromatic rings. The van der Waals surface area contributed by atoms with Crippen molar-refractivity contribution in [3.8, 4) is 11.5 Å². The maximum absolute atomic E-state index is 15.2. The first kappa shape index (κ1) is 22.7. The number of hydrogen-bond acceptors (Lipinski definition) is 3. The Morgan fingerprint density at radius 1 is 1.07 bits per heavy atom. The number of alkyl halides is 1. The number of unbranched alkanes of at least 4 members (excludes halogenated alkanes) is 1. The number of benzene rings is 2. The fourth-order valence-corrected chi connectivity index (χ4v) is 3.93. The first-order valence-electron chi connectivity index (χ1n) is 10.1. The van der Waals surface area contributed by atoms with Crippen molar-refractivity contribution in [2.75, 3.05) is 26.8 Å². The van der Waals surface area contributed by atoms with Crippen LogP contribution in [0.1, 0.15) is 42.5 Å². The third-order valence-corrected chi connectivity index (χ3v) is 6.20. The van der Waals surface area contributed by atoms with Gasteiger partial charge in [0.25, 0.3) is 5.91 Å². The second-order valence-electron chi connectivity index (χ2n) is 7.53. The summed E-state index contributed by atoms with van der Waals surface area (Å²) >= 11 is 11.9. The molecule has 7 heteroatoms. The number of halogens is 3. The first-order valence-corrected chi connectivity index (χ1v) is 10.9. The molecular formula is C23H26Cl2FNO3. The molecule has 4 nitrogen and oxygen atoms in total. The largest absolute Gasteiger partial charge is 0.493 e. The normalized spacial score (nSPS) is 15.7. The zero-order valence-electron chi connectivity index (χ0n) is 17.0. The van der Waals surface area contributed by atoms with E-state index in [1.165, 1.54) is 0 Å². The third kappa shape index (κ3) is 5.79. The molecule has 0 aliphatic carbocycles. The lowest BCUT2D eigenvalue weighted by Crippen LogP contribution is -2.44. The average Bonchev–Trinajstić information content (AvgIpc) is 2.76. The van der Waals surface area contributed by atoms with Crippen LogP contribution in [0.25, 0.3) is 0 Å². The molecule has 0 radical (unpaired) electrons. The fraction of sp³-hybridized carbons (Fsp3) is 0.435. The zero-order chi connectivity index (χ0) is 21.6. The maximum Gasteiger partial charge on any atom is 0.253 e. The summed E-state index contributed by atoms with van der Waals surface area (Å²) < 4.78 is 26.2. The van der Waals surface area contributed by atoms with Gasteiger partial charge in [0.2, 0.25) is 0 Å². The molecular weight excluding hydrogens is 428 g/mol. The number of ether oxygens (including phenoxy) is 2. The van der Waals surface area contributed by atoms with Gasteiger partial charge in [0.15, 0.2) is 11.5 Å². The van der Waals surface area contributed by atoms with Crippen LogP contribution in [-0.2, 0) is 0 Å². The van der Waals surface area contributed by atoms with Crippen molar-refractivity contribution in [2.24, 2.45) is 0 Å². The Labute approximate surface area is 186 Å². The molecule has 162 valence electrons. The van der Waals surface area contributed by atoms with Gasteiger partial charge in [-0.2, -0.15) is 0 Å². The van der Waals surface area contributed by atoms with E-state index in [4.69, 9.17) is 32.7 Å². The summed E-state index contributed by atoms with van der Waals surface area (Å²) in [4.78, 5) is 14.3. The number of hydrogen-bond donors (Lipinski definition) is 0. The number of carbonyl (C=O) groups excluding carboxylic acids is 1. The van der Waals surface area contributed by atoms with Gasteiger partial charge in [-0.25, -0.2) is 4.39 Å². The van der Waals surface area contributed by atoms with E-state index in [1.807, 2.05) is 24.3 Å². The second kappa shape index (κ2) is 10.4. The average molecular weight is 454 g/mol. The molecule has 1 fully saturated rings. The highest BCUT2D eigenvalue weighted by atomic mass is 35.5. The number of rotatable bonds is 8. The molecule has 1 aliphatic rings. The van der Waals surface area contributed by atoms with Gasteiger partial charge < -0.3 is 14.4 Å². The predicted molar refractivity (Wildman–Crippen MR) is 118 cm³/mol. The summed E-state index contributed by atoms with van der Waals surface area (Å²) in [6.45, 7) is 1.30. The van der Waals surface area contributed by atoms with Gasteiger partial charge in [-0.05, 0) is 62.4 Å². The molecule has 1 amide bonds. The molecule has 0 bridgehead atoms. The van der Waals surface area contributed by atoms with Crippen LogP contribution in [0.5, 0.6) is 11.5 Å². The van der Waals surface area contributed by atoms with Gasteiger partial charge in [-0.3, -0.25) is 4.79 Å². The maximum atomic E-state index is 15.2. The molecule has 0 aromatic heterocycles. The van der Waals surface area contributed by atoms with E-state index >= 15 is 4.39 Å². The molecule has 1 aliphatic heterocycles. The van der Waals surface area contributed by atoms with Gasteiger partial charge >= 0.3 is 0 Å². The van der Waals surface area contributed by atoms with Crippen molar-refractivity contribution >= 4 is 29.1 Å². The summed E-state index contributed by atoms with van der Waals surface area (Å²) in [6, 6.07) is 12.3. The number of nitrogens with zero attached hydrogens (tertiary/aromatic N) is 1. The molecule has 30 heavy (non-hydrogen) atoms. The van der Waals surface area contributed by atoms with Crippen LogP contribution in [-0.4, -0.2) is 43.3 Å². The van der Waals surface area contributed by atoms with Crippen LogP contribution in [0.3, 0.4) is 0 Å². The van der Waals surface area contributed by atoms with E-state index in [9.17, 15) is 4.79 Å². The SMILES string of the molecule is COc1ccccc1OCCCCC1(F)CCN(C(=O)c2ccc(Cl)c(Cl)c2)CC1. The number of carbonyl (C=O) groups is 1. The molecule has 2 aromatic carbocycles. The summed E-state index contributed by atoms with van der Waals surface area (Å²) in [5, 5.41) is 0.749. The summed E-state index contributed by atoms with van der Waals surface area (Å²) in [5.74, 6) is 1.25. The van der Waals surface area contributed by atoms with Crippen molar-refractivity contribution in [3.63, 3.8) is 0 Å². The molecule has 1 heterocycles. The highest BCUT2D eigenvalue weighted by Gasteiger charge is 2.35. The summed E-state index contributed by atoms with van der Waals surface area (Å²) in [7, 11) is 1.60. The highest BCUT2D eigenvalue weighted by Crippen LogP contribution is 2.33. The Morgan fingerprint density at radius 3 is 2.43 bits per heavy atom. The smallest absolute Gasteiger partial charge is 0.253 e. The Morgan fingerprint density at radius 2 is 1.77 bits per heavy atom.